The van der Waals surface area contributed by atoms with E-state index in [1.165, 1.54) is 32.1 Å². The maximum atomic E-state index is 12.4. The number of benzene rings is 1. The third-order valence-corrected chi connectivity index (χ3v) is 5.30. The highest BCUT2D eigenvalue weighted by Gasteiger charge is 2.26. The molecule has 2 nitrogen and oxygen atoms in total. The Morgan fingerprint density at radius 1 is 1.33 bits per heavy atom. The molecule has 1 amide bonds. The van der Waals surface area contributed by atoms with Crippen LogP contribution in [0, 0.1) is 11.8 Å². The number of carbonyl (C=O) groups excluding carboxylic acids is 1. The SMILES string of the molecule is CCCCC1CCC(C(=O)Nc2cc(Cl)ccc2Br)CC1. The highest BCUT2D eigenvalue weighted by molar-refractivity contribution is 9.10. The molecule has 21 heavy (non-hydrogen) atoms. The largest absolute Gasteiger partial charge is 0.325 e. The first-order valence-corrected chi connectivity index (χ1v) is 9.03. The minimum absolute atomic E-state index is 0.131. The van der Waals surface area contributed by atoms with E-state index < -0.39 is 0 Å². The van der Waals surface area contributed by atoms with Crippen LogP contribution in [-0.2, 0) is 4.79 Å². The van der Waals surface area contributed by atoms with Gasteiger partial charge in [-0.3, -0.25) is 4.79 Å². The molecule has 0 bridgehead atoms. The van der Waals surface area contributed by atoms with Crippen LogP contribution >= 0.6 is 27.5 Å². The summed E-state index contributed by atoms with van der Waals surface area (Å²) in [6.45, 7) is 2.24. The molecule has 0 atom stereocenters. The van der Waals surface area contributed by atoms with E-state index in [0.29, 0.717) is 5.02 Å². The van der Waals surface area contributed by atoms with Crippen LogP contribution in [0.1, 0.15) is 51.9 Å². The third-order valence-electron chi connectivity index (χ3n) is 4.37. The normalized spacial score (nSPS) is 22.0. The summed E-state index contributed by atoms with van der Waals surface area (Å²) in [5, 5.41) is 3.64. The van der Waals surface area contributed by atoms with Gasteiger partial charge in [-0.2, -0.15) is 0 Å². The first-order valence-electron chi connectivity index (χ1n) is 7.86. The zero-order valence-corrected chi connectivity index (χ0v) is 14.8. The van der Waals surface area contributed by atoms with Crippen molar-refractivity contribution in [2.75, 3.05) is 5.32 Å². The highest BCUT2D eigenvalue weighted by Crippen LogP contribution is 2.33. The summed E-state index contributed by atoms with van der Waals surface area (Å²) in [5.74, 6) is 1.10. The Hall–Kier alpha value is -0.540. The fraction of sp³-hybridized carbons (Fsp3) is 0.588. The van der Waals surface area contributed by atoms with Gasteiger partial charge in [0.2, 0.25) is 5.91 Å². The molecule has 0 saturated heterocycles. The zero-order valence-electron chi connectivity index (χ0n) is 12.5. The summed E-state index contributed by atoms with van der Waals surface area (Å²) in [6.07, 6.45) is 8.31. The second-order valence-corrected chi connectivity index (χ2v) is 7.26. The van der Waals surface area contributed by atoms with Gasteiger partial charge in [0.15, 0.2) is 0 Å². The second-order valence-electron chi connectivity index (χ2n) is 5.97. The molecule has 1 aliphatic carbocycles. The fourth-order valence-corrected chi connectivity index (χ4v) is 3.55. The fourth-order valence-electron chi connectivity index (χ4n) is 3.03. The molecule has 1 N–H and O–H groups in total. The molecule has 116 valence electrons. The Morgan fingerprint density at radius 2 is 2.05 bits per heavy atom. The van der Waals surface area contributed by atoms with Crippen LogP contribution in [0.15, 0.2) is 22.7 Å². The van der Waals surface area contributed by atoms with Crippen molar-refractivity contribution in [3.05, 3.63) is 27.7 Å². The molecule has 1 aromatic carbocycles. The predicted octanol–water partition coefficient (Wildman–Crippen LogP) is 6.04. The summed E-state index contributed by atoms with van der Waals surface area (Å²) < 4.78 is 0.872. The van der Waals surface area contributed by atoms with Crippen LogP contribution in [0.5, 0.6) is 0 Å². The van der Waals surface area contributed by atoms with Gasteiger partial charge < -0.3 is 5.32 Å². The van der Waals surface area contributed by atoms with Crippen molar-refractivity contribution >= 4 is 39.1 Å². The molecule has 2 rings (SSSR count). The van der Waals surface area contributed by atoms with Crippen molar-refractivity contribution in [1.82, 2.24) is 0 Å². The van der Waals surface area contributed by atoms with Gasteiger partial charge in [-0.25, -0.2) is 0 Å². The minimum atomic E-state index is 0.131. The molecule has 1 aliphatic rings. The van der Waals surface area contributed by atoms with Crippen molar-refractivity contribution in [2.45, 2.75) is 51.9 Å². The van der Waals surface area contributed by atoms with Crippen LogP contribution in [0.4, 0.5) is 5.69 Å². The number of unbranched alkanes of at least 4 members (excludes halogenated alkanes) is 1. The Morgan fingerprint density at radius 3 is 2.71 bits per heavy atom. The lowest BCUT2D eigenvalue weighted by Crippen LogP contribution is -2.27. The Balaban J connectivity index is 1.86. The highest BCUT2D eigenvalue weighted by atomic mass is 79.9. The summed E-state index contributed by atoms with van der Waals surface area (Å²) in [4.78, 5) is 12.4. The molecule has 0 aliphatic heterocycles. The Bertz CT molecular complexity index is 484. The van der Waals surface area contributed by atoms with E-state index in [1.807, 2.05) is 6.07 Å². The number of halogens is 2. The molecule has 0 radical (unpaired) electrons. The lowest BCUT2D eigenvalue weighted by molar-refractivity contribution is -0.121. The van der Waals surface area contributed by atoms with Gasteiger partial charge in [-0.05, 0) is 65.7 Å². The molecule has 1 fully saturated rings. The lowest BCUT2D eigenvalue weighted by atomic mass is 9.79. The summed E-state index contributed by atoms with van der Waals surface area (Å²) in [7, 11) is 0. The van der Waals surface area contributed by atoms with Crippen LogP contribution < -0.4 is 5.32 Å². The minimum Gasteiger partial charge on any atom is -0.325 e. The molecule has 0 heterocycles. The van der Waals surface area contributed by atoms with Crippen LogP contribution in [0.25, 0.3) is 0 Å². The summed E-state index contributed by atoms with van der Waals surface area (Å²) in [5.41, 5.74) is 0.764. The van der Waals surface area contributed by atoms with Gasteiger partial charge in [-0.1, -0.05) is 37.8 Å². The summed E-state index contributed by atoms with van der Waals surface area (Å²) in [6, 6.07) is 5.45. The van der Waals surface area contributed by atoms with E-state index in [-0.39, 0.29) is 11.8 Å². The maximum Gasteiger partial charge on any atom is 0.227 e. The topological polar surface area (TPSA) is 29.1 Å². The molecular formula is C17H23BrClNO. The van der Waals surface area contributed by atoms with Crippen molar-refractivity contribution < 1.29 is 4.79 Å². The van der Waals surface area contributed by atoms with Crippen LogP contribution in [0.2, 0.25) is 5.02 Å². The average Bonchev–Trinajstić information content (AvgIpc) is 2.49. The molecule has 1 aromatic rings. The monoisotopic (exact) mass is 371 g/mol. The van der Waals surface area contributed by atoms with E-state index >= 15 is 0 Å². The van der Waals surface area contributed by atoms with E-state index in [4.69, 9.17) is 11.6 Å². The first-order chi connectivity index (χ1) is 10.1. The number of hydrogen-bond donors (Lipinski definition) is 1. The van der Waals surface area contributed by atoms with Crippen molar-refractivity contribution in [3.8, 4) is 0 Å². The third kappa shape index (κ3) is 5.00. The van der Waals surface area contributed by atoms with Gasteiger partial charge in [0, 0.05) is 15.4 Å². The Kier molecular flexibility index (Phi) is 6.56. The Labute approximate surface area is 140 Å². The van der Waals surface area contributed by atoms with Gasteiger partial charge >= 0.3 is 0 Å². The van der Waals surface area contributed by atoms with Crippen molar-refractivity contribution in [1.29, 1.82) is 0 Å². The first kappa shape index (κ1) is 16.8. The van der Waals surface area contributed by atoms with Crippen molar-refractivity contribution in [3.63, 3.8) is 0 Å². The maximum absolute atomic E-state index is 12.4. The number of carbonyl (C=O) groups is 1. The quantitative estimate of drug-likeness (QED) is 0.671. The number of amides is 1. The molecular weight excluding hydrogens is 350 g/mol. The van der Waals surface area contributed by atoms with Gasteiger partial charge in [0.25, 0.3) is 0 Å². The molecule has 0 spiro atoms. The molecule has 4 heteroatoms. The van der Waals surface area contributed by atoms with Crippen LogP contribution in [0.3, 0.4) is 0 Å². The van der Waals surface area contributed by atoms with Crippen molar-refractivity contribution in [2.24, 2.45) is 11.8 Å². The van der Waals surface area contributed by atoms with Crippen LogP contribution in [-0.4, -0.2) is 5.91 Å². The second kappa shape index (κ2) is 8.19. The zero-order chi connectivity index (χ0) is 15.2. The van der Waals surface area contributed by atoms with E-state index in [1.54, 1.807) is 12.1 Å². The van der Waals surface area contributed by atoms with Gasteiger partial charge in [0.1, 0.15) is 0 Å². The smallest absolute Gasteiger partial charge is 0.227 e. The number of hydrogen-bond acceptors (Lipinski definition) is 1. The van der Waals surface area contributed by atoms with E-state index in [0.717, 1.165) is 28.9 Å². The standard InChI is InChI=1S/C17H23BrClNO/c1-2-3-4-12-5-7-13(8-6-12)17(21)20-16-11-14(19)9-10-15(16)18/h9-13H,2-8H2,1H3,(H,20,21). The lowest BCUT2D eigenvalue weighted by Gasteiger charge is -2.27. The molecule has 0 unspecified atom stereocenters. The number of rotatable bonds is 5. The van der Waals surface area contributed by atoms with E-state index in [9.17, 15) is 4.79 Å². The molecule has 0 aromatic heterocycles. The summed E-state index contributed by atoms with van der Waals surface area (Å²) >= 11 is 9.43. The van der Waals surface area contributed by atoms with E-state index in [2.05, 4.69) is 28.2 Å². The number of nitrogens with one attached hydrogen (secondary N) is 1. The van der Waals surface area contributed by atoms with Gasteiger partial charge in [0.05, 0.1) is 5.69 Å². The predicted molar refractivity (Wildman–Crippen MR) is 92.8 cm³/mol. The van der Waals surface area contributed by atoms with Gasteiger partial charge in [-0.15, -0.1) is 0 Å². The number of anilines is 1. The molecule has 1 saturated carbocycles. The average molecular weight is 373 g/mol.